The van der Waals surface area contributed by atoms with Crippen LogP contribution in [0.5, 0.6) is 0 Å². The molecule has 0 aliphatic carbocycles. The molecule has 1 N–H and O–H groups in total. The number of hydrogen-bond donors (Lipinski definition) is 1. The first kappa shape index (κ1) is 22.7. The van der Waals surface area contributed by atoms with E-state index in [9.17, 15) is 26.8 Å². The van der Waals surface area contributed by atoms with Gasteiger partial charge in [-0.3, -0.25) is 9.59 Å². The van der Waals surface area contributed by atoms with Crippen molar-refractivity contribution in [2.24, 2.45) is 0 Å². The van der Waals surface area contributed by atoms with Gasteiger partial charge in [-0.2, -0.15) is 4.31 Å². The van der Waals surface area contributed by atoms with Crippen LogP contribution in [0.1, 0.15) is 17.3 Å². The number of anilines is 1. The molecular weight excluding hydrogens is 448 g/mol. The van der Waals surface area contributed by atoms with Crippen molar-refractivity contribution in [3.63, 3.8) is 0 Å². The Morgan fingerprint density at radius 1 is 1.10 bits per heavy atom. The Morgan fingerprint density at radius 3 is 2.39 bits per heavy atom. The monoisotopic (exact) mass is 465 g/mol. The van der Waals surface area contributed by atoms with Gasteiger partial charge in [0.15, 0.2) is 22.5 Å². The predicted octanol–water partition coefficient (Wildman–Crippen LogP) is 3.55. The molecule has 0 saturated heterocycles. The fraction of sp³-hybridized carbons (Fsp3) is 0.150. The number of nitrogens with zero attached hydrogens (tertiary/aromatic N) is 2. The Hall–Kier alpha value is -3.02. The summed E-state index contributed by atoms with van der Waals surface area (Å²) in [6, 6.07) is 8.73. The summed E-state index contributed by atoms with van der Waals surface area (Å²) in [6.45, 7) is 0.896. The minimum atomic E-state index is -3.95. The van der Waals surface area contributed by atoms with E-state index in [0.717, 1.165) is 27.8 Å². The second-order valence-corrected chi connectivity index (χ2v) is 9.46. The summed E-state index contributed by atoms with van der Waals surface area (Å²) in [5.74, 6) is -2.81. The Morgan fingerprint density at radius 2 is 1.77 bits per heavy atom. The van der Waals surface area contributed by atoms with Gasteiger partial charge in [0.2, 0.25) is 15.9 Å². The number of carbonyl (C=O) groups is 2. The summed E-state index contributed by atoms with van der Waals surface area (Å²) >= 11 is 1.06. The summed E-state index contributed by atoms with van der Waals surface area (Å²) in [5, 5.41) is 4.22. The second-order valence-electron chi connectivity index (χ2n) is 6.56. The number of amides is 1. The van der Waals surface area contributed by atoms with Gasteiger partial charge >= 0.3 is 0 Å². The van der Waals surface area contributed by atoms with Gasteiger partial charge in [0.1, 0.15) is 0 Å². The summed E-state index contributed by atoms with van der Waals surface area (Å²) in [5.41, 5.74) is 1.05. The molecule has 162 valence electrons. The predicted molar refractivity (Wildman–Crippen MR) is 112 cm³/mol. The molecule has 0 spiro atoms. The average Bonchev–Trinajstić information content (AvgIpc) is 3.18. The molecule has 1 aromatic heterocycles. The SMILES string of the molecule is CC(=O)c1ccc(S(=O)(=O)N(C)CC(=O)Nc2nc(-c3ccc(F)c(F)c3)cs2)cc1. The zero-order chi connectivity index (χ0) is 22.8. The van der Waals surface area contributed by atoms with Crippen molar-refractivity contribution in [2.45, 2.75) is 11.8 Å². The molecular formula is C20H17F2N3O4S2. The van der Waals surface area contributed by atoms with Gasteiger partial charge in [0.25, 0.3) is 0 Å². The van der Waals surface area contributed by atoms with E-state index in [1.165, 1.54) is 44.3 Å². The highest BCUT2D eigenvalue weighted by molar-refractivity contribution is 7.89. The maximum absolute atomic E-state index is 13.4. The molecule has 0 fully saturated rings. The van der Waals surface area contributed by atoms with Crippen molar-refractivity contribution in [2.75, 3.05) is 18.9 Å². The number of benzene rings is 2. The lowest BCUT2D eigenvalue weighted by Gasteiger charge is -2.16. The van der Waals surface area contributed by atoms with Crippen LogP contribution in [-0.2, 0) is 14.8 Å². The van der Waals surface area contributed by atoms with Gasteiger partial charge in [0, 0.05) is 23.6 Å². The van der Waals surface area contributed by atoms with E-state index in [1.54, 1.807) is 5.38 Å². The number of carbonyl (C=O) groups excluding carboxylic acids is 2. The molecule has 0 atom stereocenters. The van der Waals surface area contributed by atoms with E-state index in [-0.39, 0.29) is 15.8 Å². The number of rotatable bonds is 7. The lowest BCUT2D eigenvalue weighted by atomic mass is 10.2. The zero-order valence-corrected chi connectivity index (χ0v) is 18.1. The van der Waals surface area contributed by atoms with Crippen LogP contribution in [0.2, 0.25) is 0 Å². The normalized spacial score (nSPS) is 11.5. The fourth-order valence-corrected chi connectivity index (χ4v) is 4.47. The van der Waals surface area contributed by atoms with Gasteiger partial charge in [-0.05, 0) is 37.3 Å². The van der Waals surface area contributed by atoms with Crippen LogP contribution in [0.3, 0.4) is 0 Å². The van der Waals surface area contributed by atoms with Crippen molar-refractivity contribution < 1.29 is 26.8 Å². The first-order valence-corrected chi connectivity index (χ1v) is 11.2. The third-order valence-electron chi connectivity index (χ3n) is 4.30. The van der Waals surface area contributed by atoms with Crippen molar-refractivity contribution in [1.29, 1.82) is 0 Å². The lowest BCUT2D eigenvalue weighted by Crippen LogP contribution is -2.34. The smallest absolute Gasteiger partial charge is 0.243 e. The Labute approximate surface area is 181 Å². The van der Waals surface area contributed by atoms with E-state index >= 15 is 0 Å². The summed E-state index contributed by atoms with van der Waals surface area (Å²) in [4.78, 5) is 27.7. The number of sulfonamides is 1. The molecule has 0 radical (unpaired) electrons. The average molecular weight is 466 g/mol. The molecule has 0 unspecified atom stereocenters. The third-order valence-corrected chi connectivity index (χ3v) is 6.88. The minimum Gasteiger partial charge on any atom is -0.301 e. The Kier molecular flexibility index (Phi) is 6.58. The van der Waals surface area contributed by atoms with E-state index in [1.807, 2.05) is 0 Å². The molecule has 1 amide bonds. The first-order chi connectivity index (χ1) is 14.6. The highest BCUT2D eigenvalue weighted by atomic mass is 32.2. The van der Waals surface area contributed by atoms with Crippen LogP contribution in [0.25, 0.3) is 11.3 Å². The van der Waals surface area contributed by atoms with Crippen LogP contribution in [0, 0.1) is 11.6 Å². The van der Waals surface area contributed by atoms with Crippen LogP contribution < -0.4 is 5.32 Å². The fourth-order valence-electron chi connectivity index (χ4n) is 2.61. The number of likely N-dealkylation sites (N-methyl/N-ethyl adjacent to an activating group) is 1. The van der Waals surface area contributed by atoms with Crippen molar-refractivity contribution in [1.82, 2.24) is 9.29 Å². The number of Topliss-reactive ketones (excluding diaryl/α,β-unsaturated/α-hetero) is 1. The van der Waals surface area contributed by atoms with Crippen LogP contribution >= 0.6 is 11.3 Å². The number of nitrogens with one attached hydrogen (secondary N) is 1. The maximum Gasteiger partial charge on any atom is 0.243 e. The van der Waals surface area contributed by atoms with Gasteiger partial charge in [-0.1, -0.05) is 12.1 Å². The van der Waals surface area contributed by atoms with E-state index in [0.29, 0.717) is 16.8 Å². The molecule has 11 heteroatoms. The maximum atomic E-state index is 13.4. The number of hydrogen-bond acceptors (Lipinski definition) is 6. The molecule has 0 saturated carbocycles. The van der Waals surface area contributed by atoms with Crippen molar-refractivity contribution in [3.05, 3.63) is 65.0 Å². The highest BCUT2D eigenvalue weighted by Crippen LogP contribution is 2.26. The van der Waals surface area contributed by atoms with E-state index in [4.69, 9.17) is 0 Å². The van der Waals surface area contributed by atoms with Crippen LogP contribution in [-0.4, -0.2) is 43.0 Å². The molecule has 0 bridgehead atoms. The molecule has 3 rings (SSSR count). The first-order valence-electron chi connectivity index (χ1n) is 8.86. The summed E-state index contributed by atoms with van der Waals surface area (Å²) < 4.78 is 52.6. The molecule has 0 aliphatic rings. The Balaban J connectivity index is 1.66. The van der Waals surface area contributed by atoms with Crippen molar-refractivity contribution >= 4 is 38.2 Å². The number of ketones is 1. The Bertz CT molecular complexity index is 1240. The topological polar surface area (TPSA) is 96.4 Å². The van der Waals surface area contributed by atoms with Gasteiger partial charge < -0.3 is 5.32 Å². The molecule has 1 heterocycles. The summed E-state index contributed by atoms with van der Waals surface area (Å²) in [7, 11) is -2.70. The lowest BCUT2D eigenvalue weighted by molar-refractivity contribution is -0.116. The molecule has 31 heavy (non-hydrogen) atoms. The van der Waals surface area contributed by atoms with Gasteiger partial charge in [-0.15, -0.1) is 11.3 Å². The minimum absolute atomic E-state index is 0.0531. The molecule has 2 aromatic carbocycles. The van der Waals surface area contributed by atoms with Crippen LogP contribution in [0.4, 0.5) is 13.9 Å². The quantitative estimate of drug-likeness (QED) is 0.539. The summed E-state index contributed by atoms with van der Waals surface area (Å²) in [6.07, 6.45) is 0. The van der Waals surface area contributed by atoms with Gasteiger partial charge in [0.05, 0.1) is 17.1 Å². The molecule has 3 aromatic rings. The highest BCUT2D eigenvalue weighted by Gasteiger charge is 2.23. The number of aromatic nitrogens is 1. The zero-order valence-electron chi connectivity index (χ0n) is 16.4. The van der Waals surface area contributed by atoms with E-state index < -0.39 is 34.1 Å². The number of thiazole rings is 1. The van der Waals surface area contributed by atoms with E-state index in [2.05, 4.69) is 10.3 Å². The molecule has 0 aliphatic heterocycles. The second kappa shape index (κ2) is 9.00. The molecule has 7 nitrogen and oxygen atoms in total. The van der Waals surface area contributed by atoms with Crippen LogP contribution in [0.15, 0.2) is 52.7 Å². The largest absolute Gasteiger partial charge is 0.301 e. The number of halogens is 2. The standard InChI is InChI=1S/C20H17F2N3O4S2/c1-12(26)13-3-6-15(7-4-13)31(28,29)25(2)10-19(27)24-20-23-18(11-30-20)14-5-8-16(21)17(22)9-14/h3-9,11H,10H2,1-2H3,(H,23,24,27). The van der Waals surface area contributed by atoms with Crippen molar-refractivity contribution in [3.8, 4) is 11.3 Å². The third kappa shape index (κ3) is 5.19. The van der Waals surface area contributed by atoms with Gasteiger partial charge in [-0.25, -0.2) is 22.2 Å².